The van der Waals surface area contributed by atoms with E-state index in [2.05, 4.69) is 71.5 Å². The molecular formula is C25H28N2O. The zero-order chi connectivity index (χ0) is 19.3. The summed E-state index contributed by atoms with van der Waals surface area (Å²) in [7, 11) is 3.92. The standard InChI is InChI=1S/C25H28N2O/c1-27(17-15-19-9-12-21(28-2)13-10-19)16-5-6-20-11-14-25-23(18-20)22-7-3-4-8-24(22)26-25/h3-4,7-14,18,26H,5-6,15-17H2,1-2H3. The average Bonchev–Trinajstić information content (AvgIpc) is 3.11. The van der Waals surface area contributed by atoms with Crippen LogP contribution in [0.5, 0.6) is 5.75 Å². The van der Waals surface area contributed by atoms with Crippen molar-refractivity contribution in [2.75, 3.05) is 27.2 Å². The minimum atomic E-state index is 0.921. The Hall–Kier alpha value is -2.78. The number of methoxy groups -OCH3 is 1. The number of para-hydroxylation sites is 1. The third-order valence-electron chi connectivity index (χ3n) is 5.52. The first-order chi connectivity index (χ1) is 13.7. The molecule has 3 nitrogen and oxygen atoms in total. The van der Waals surface area contributed by atoms with Crippen molar-refractivity contribution in [3.8, 4) is 5.75 Å². The number of fused-ring (bicyclic) bond motifs is 3. The monoisotopic (exact) mass is 372 g/mol. The van der Waals surface area contributed by atoms with Crippen molar-refractivity contribution in [1.29, 1.82) is 0 Å². The quantitative estimate of drug-likeness (QED) is 0.446. The van der Waals surface area contributed by atoms with E-state index in [4.69, 9.17) is 4.74 Å². The number of hydrogen-bond acceptors (Lipinski definition) is 2. The molecule has 0 bridgehead atoms. The van der Waals surface area contributed by atoms with Gasteiger partial charge in [0.2, 0.25) is 0 Å². The van der Waals surface area contributed by atoms with Crippen molar-refractivity contribution in [1.82, 2.24) is 9.88 Å². The summed E-state index contributed by atoms with van der Waals surface area (Å²) < 4.78 is 5.22. The van der Waals surface area contributed by atoms with Gasteiger partial charge in [-0.25, -0.2) is 0 Å². The molecule has 0 aliphatic carbocycles. The summed E-state index contributed by atoms with van der Waals surface area (Å²) in [5, 5.41) is 2.65. The average molecular weight is 373 g/mol. The van der Waals surface area contributed by atoms with Crippen molar-refractivity contribution in [3.05, 3.63) is 77.9 Å². The lowest BCUT2D eigenvalue weighted by Crippen LogP contribution is -2.22. The molecule has 144 valence electrons. The largest absolute Gasteiger partial charge is 0.497 e. The topological polar surface area (TPSA) is 28.3 Å². The van der Waals surface area contributed by atoms with Gasteiger partial charge >= 0.3 is 0 Å². The molecule has 0 amide bonds. The molecule has 0 radical (unpaired) electrons. The highest BCUT2D eigenvalue weighted by atomic mass is 16.5. The number of hydrogen-bond donors (Lipinski definition) is 1. The van der Waals surface area contributed by atoms with Gasteiger partial charge in [0.1, 0.15) is 5.75 Å². The Morgan fingerprint density at radius 1 is 0.786 bits per heavy atom. The molecule has 0 fully saturated rings. The minimum Gasteiger partial charge on any atom is -0.497 e. The molecule has 0 unspecified atom stereocenters. The van der Waals surface area contributed by atoms with Gasteiger partial charge in [-0.15, -0.1) is 0 Å². The Morgan fingerprint density at radius 3 is 2.36 bits per heavy atom. The molecule has 0 atom stereocenters. The van der Waals surface area contributed by atoms with Crippen molar-refractivity contribution in [2.24, 2.45) is 0 Å². The zero-order valence-corrected chi connectivity index (χ0v) is 16.7. The molecule has 4 rings (SSSR count). The van der Waals surface area contributed by atoms with E-state index >= 15 is 0 Å². The fourth-order valence-electron chi connectivity index (χ4n) is 3.83. The van der Waals surface area contributed by atoms with E-state index in [-0.39, 0.29) is 0 Å². The van der Waals surface area contributed by atoms with Crippen molar-refractivity contribution >= 4 is 21.8 Å². The first-order valence-electron chi connectivity index (χ1n) is 10.0. The molecule has 0 aliphatic rings. The molecule has 3 heteroatoms. The highest BCUT2D eigenvalue weighted by Crippen LogP contribution is 2.26. The maximum atomic E-state index is 5.22. The van der Waals surface area contributed by atoms with Gasteiger partial charge in [0.05, 0.1) is 7.11 Å². The van der Waals surface area contributed by atoms with Crippen molar-refractivity contribution < 1.29 is 4.74 Å². The maximum Gasteiger partial charge on any atom is 0.118 e. The Bertz CT molecular complexity index is 1050. The SMILES string of the molecule is COc1ccc(CCN(C)CCCc2ccc3[nH]c4ccccc4c3c2)cc1. The second-order valence-corrected chi connectivity index (χ2v) is 7.56. The highest BCUT2D eigenvalue weighted by Gasteiger charge is 2.05. The fraction of sp³-hybridized carbons (Fsp3) is 0.280. The first-order valence-corrected chi connectivity index (χ1v) is 10.0. The molecule has 1 aromatic heterocycles. The van der Waals surface area contributed by atoms with Gasteiger partial charge in [0.25, 0.3) is 0 Å². The van der Waals surface area contributed by atoms with Crippen LogP contribution in [0.4, 0.5) is 0 Å². The number of H-pyrrole nitrogens is 1. The Labute approximate surface area is 166 Å². The molecule has 28 heavy (non-hydrogen) atoms. The summed E-state index contributed by atoms with van der Waals surface area (Å²) >= 11 is 0. The summed E-state index contributed by atoms with van der Waals surface area (Å²) in [6.45, 7) is 2.19. The molecule has 0 spiro atoms. The van der Waals surface area contributed by atoms with Crippen molar-refractivity contribution in [3.63, 3.8) is 0 Å². The number of rotatable bonds is 8. The number of benzene rings is 3. The van der Waals surface area contributed by atoms with Gasteiger partial charge in [-0.05, 0) is 74.3 Å². The second kappa shape index (κ2) is 8.49. The third kappa shape index (κ3) is 4.20. The van der Waals surface area contributed by atoms with E-state index < -0.39 is 0 Å². The summed E-state index contributed by atoms with van der Waals surface area (Å²) in [4.78, 5) is 5.93. The lowest BCUT2D eigenvalue weighted by atomic mass is 10.1. The van der Waals surface area contributed by atoms with Crippen LogP contribution in [0.2, 0.25) is 0 Å². The predicted molar refractivity (Wildman–Crippen MR) is 118 cm³/mol. The van der Waals surface area contributed by atoms with Gasteiger partial charge in [-0.1, -0.05) is 36.4 Å². The van der Waals surface area contributed by atoms with E-state index in [9.17, 15) is 0 Å². The molecule has 4 aromatic rings. The fourth-order valence-corrected chi connectivity index (χ4v) is 3.83. The minimum absolute atomic E-state index is 0.921. The van der Waals surface area contributed by atoms with Crippen LogP contribution in [0.15, 0.2) is 66.7 Å². The summed E-state index contributed by atoms with van der Waals surface area (Å²) in [6, 6.07) is 23.8. The second-order valence-electron chi connectivity index (χ2n) is 7.56. The van der Waals surface area contributed by atoms with Crippen LogP contribution in [0, 0.1) is 0 Å². The lowest BCUT2D eigenvalue weighted by Gasteiger charge is -2.16. The van der Waals surface area contributed by atoms with Gasteiger partial charge < -0.3 is 14.6 Å². The molecule has 3 aromatic carbocycles. The molecule has 0 saturated carbocycles. The number of ether oxygens (including phenoxy) is 1. The molecular weight excluding hydrogens is 344 g/mol. The van der Waals surface area contributed by atoms with Crippen LogP contribution in [0.1, 0.15) is 17.5 Å². The normalized spacial score (nSPS) is 11.5. The number of aryl methyl sites for hydroxylation is 1. The van der Waals surface area contributed by atoms with E-state index in [1.165, 1.54) is 39.4 Å². The van der Waals surface area contributed by atoms with Crippen LogP contribution in [0.3, 0.4) is 0 Å². The molecule has 0 aliphatic heterocycles. The van der Waals surface area contributed by atoms with E-state index in [0.29, 0.717) is 0 Å². The van der Waals surface area contributed by atoms with Gasteiger partial charge in [0, 0.05) is 28.4 Å². The number of aromatic nitrogens is 1. The van der Waals surface area contributed by atoms with Crippen LogP contribution < -0.4 is 4.74 Å². The summed E-state index contributed by atoms with van der Waals surface area (Å²) in [5.41, 5.74) is 5.22. The van der Waals surface area contributed by atoms with Crippen LogP contribution in [-0.4, -0.2) is 37.1 Å². The maximum absolute atomic E-state index is 5.22. The van der Waals surface area contributed by atoms with E-state index in [1.54, 1.807) is 7.11 Å². The van der Waals surface area contributed by atoms with E-state index in [1.807, 2.05) is 12.1 Å². The molecule has 1 N–H and O–H groups in total. The first kappa shape index (κ1) is 18.6. The molecule has 0 saturated heterocycles. The Morgan fingerprint density at radius 2 is 1.54 bits per heavy atom. The van der Waals surface area contributed by atoms with Crippen LogP contribution >= 0.6 is 0 Å². The number of aromatic amines is 1. The van der Waals surface area contributed by atoms with Gasteiger partial charge in [-0.3, -0.25) is 0 Å². The van der Waals surface area contributed by atoms with Crippen LogP contribution in [0.25, 0.3) is 21.8 Å². The van der Waals surface area contributed by atoms with E-state index in [0.717, 1.165) is 31.7 Å². The summed E-state index contributed by atoms with van der Waals surface area (Å²) in [6.07, 6.45) is 3.36. The molecule has 1 heterocycles. The number of likely N-dealkylation sites (N-methyl/N-ethyl adjacent to an activating group) is 1. The Kier molecular flexibility index (Phi) is 5.63. The smallest absolute Gasteiger partial charge is 0.118 e. The lowest BCUT2D eigenvalue weighted by molar-refractivity contribution is 0.333. The predicted octanol–water partition coefficient (Wildman–Crippen LogP) is 5.44. The van der Waals surface area contributed by atoms with Crippen molar-refractivity contribution in [2.45, 2.75) is 19.3 Å². The van der Waals surface area contributed by atoms with Crippen LogP contribution in [-0.2, 0) is 12.8 Å². The third-order valence-corrected chi connectivity index (χ3v) is 5.52. The van der Waals surface area contributed by atoms with Gasteiger partial charge in [-0.2, -0.15) is 0 Å². The Balaban J connectivity index is 1.29. The van der Waals surface area contributed by atoms with Gasteiger partial charge in [0.15, 0.2) is 0 Å². The summed E-state index contributed by atoms with van der Waals surface area (Å²) in [5.74, 6) is 0.921. The number of nitrogens with zero attached hydrogens (tertiary/aromatic N) is 1. The zero-order valence-electron chi connectivity index (χ0n) is 16.7. The number of nitrogens with one attached hydrogen (secondary N) is 1. The highest BCUT2D eigenvalue weighted by molar-refractivity contribution is 6.07.